The van der Waals surface area contributed by atoms with Gasteiger partial charge in [0.15, 0.2) is 0 Å². The molecule has 0 aliphatic heterocycles. The Hall–Kier alpha value is -3.76. The number of aryl methyl sites for hydroxylation is 1. The molecule has 5 aromatic rings. The normalized spacial score (nSPS) is 11.0. The fourth-order valence-corrected chi connectivity index (χ4v) is 4.32. The highest BCUT2D eigenvalue weighted by Gasteiger charge is 2.15. The zero-order chi connectivity index (χ0) is 19.1. The van der Waals surface area contributed by atoms with Crippen molar-refractivity contribution in [2.75, 3.05) is 5.32 Å². The van der Waals surface area contributed by atoms with Crippen molar-refractivity contribution in [3.8, 4) is 16.5 Å². The third-order valence-corrected chi connectivity index (χ3v) is 5.88. The van der Waals surface area contributed by atoms with Gasteiger partial charge in [-0.15, -0.1) is 11.3 Å². The fraction of sp³-hybridized carbons (Fsp3) is 0.0476. The van der Waals surface area contributed by atoms with E-state index < -0.39 is 0 Å². The SMILES string of the molecule is Cc1c(Nc2c(C#N)cnc3sc(-c4cncnc4)cc23)ccc2[nH]ccc12. The Morgan fingerprint density at radius 2 is 1.96 bits per heavy atom. The predicted molar refractivity (Wildman–Crippen MR) is 112 cm³/mol. The molecule has 134 valence electrons. The van der Waals surface area contributed by atoms with Gasteiger partial charge in [0, 0.05) is 57.2 Å². The van der Waals surface area contributed by atoms with Crippen molar-refractivity contribution in [1.29, 1.82) is 5.26 Å². The lowest BCUT2D eigenvalue weighted by Crippen LogP contribution is -1.97. The molecule has 28 heavy (non-hydrogen) atoms. The Kier molecular flexibility index (Phi) is 3.78. The number of anilines is 2. The van der Waals surface area contributed by atoms with Crippen LogP contribution in [0.3, 0.4) is 0 Å². The van der Waals surface area contributed by atoms with Crippen molar-refractivity contribution < 1.29 is 0 Å². The number of hydrogen-bond acceptors (Lipinski definition) is 6. The minimum atomic E-state index is 0.509. The van der Waals surface area contributed by atoms with E-state index in [9.17, 15) is 5.26 Å². The topological polar surface area (TPSA) is 90.3 Å². The lowest BCUT2D eigenvalue weighted by Gasteiger charge is -2.12. The number of hydrogen-bond donors (Lipinski definition) is 2. The number of benzene rings is 1. The second kappa shape index (κ2) is 6.44. The lowest BCUT2D eigenvalue weighted by atomic mass is 10.1. The summed E-state index contributed by atoms with van der Waals surface area (Å²) in [6, 6.07) is 10.4. The number of fused-ring (bicyclic) bond motifs is 2. The van der Waals surface area contributed by atoms with Gasteiger partial charge in [-0.1, -0.05) is 0 Å². The summed E-state index contributed by atoms with van der Waals surface area (Å²) in [6.45, 7) is 2.07. The van der Waals surface area contributed by atoms with Crippen LogP contribution in [0.15, 0.2) is 55.4 Å². The zero-order valence-corrected chi connectivity index (χ0v) is 15.7. The lowest BCUT2D eigenvalue weighted by molar-refractivity contribution is 1.17. The number of nitrogens with one attached hydrogen (secondary N) is 2. The van der Waals surface area contributed by atoms with Crippen LogP contribution in [0, 0.1) is 18.3 Å². The molecule has 0 aliphatic carbocycles. The average molecular weight is 382 g/mol. The standard InChI is InChI=1S/C21H14N6S/c1-12-15-4-5-25-18(15)3-2-17(12)27-20-13(7-22)10-26-21-16(20)6-19(28-21)14-8-23-11-24-9-14/h2-6,8-11,25H,1H3,(H,26,27). The number of thiophene rings is 1. The summed E-state index contributed by atoms with van der Waals surface area (Å²) >= 11 is 1.56. The van der Waals surface area contributed by atoms with Crippen LogP contribution in [0.5, 0.6) is 0 Å². The number of rotatable bonds is 3. The van der Waals surface area contributed by atoms with Gasteiger partial charge >= 0.3 is 0 Å². The Bertz CT molecular complexity index is 1360. The third kappa shape index (κ3) is 2.59. The second-order valence-corrected chi connectivity index (χ2v) is 7.45. The molecule has 5 rings (SSSR count). The van der Waals surface area contributed by atoms with Gasteiger partial charge in [0.2, 0.25) is 0 Å². The molecule has 0 radical (unpaired) electrons. The van der Waals surface area contributed by atoms with Crippen LogP contribution in [0.25, 0.3) is 31.6 Å². The molecule has 4 heterocycles. The van der Waals surface area contributed by atoms with Gasteiger partial charge in [-0.05, 0) is 36.8 Å². The number of aromatic nitrogens is 4. The largest absolute Gasteiger partial charge is 0.361 e. The molecule has 0 atom stereocenters. The maximum Gasteiger partial charge on any atom is 0.126 e. The van der Waals surface area contributed by atoms with Gasteiger partial charge in [0.1, 0.15) is 17.2 Å². The van der Waals surface area contributed by atoms with Crippen molar-refractivity contribution in [1.82, 2.24) is 19.9 Å². The summed E-state index contributed by atoms with van der Waals surface area (Å²) in [6.07, 6.45) is 8.62. The van der Waals surface area contributed by atoms with Gasteiger partial charge in [-0.25, -0.2) is 15.0 Å². The quantitative estimate of drug-likeness (QED) is 0.450. The van der Waals surface area contributed by atoms with Crippen LogP contribution >= 0.6 is 11.3 Å². The van der Waals surface area contributed by atoms with Crippen molar-refractivity contribution in [3.63, 3.8) is 0 Å². The monoisotopic (exact) mass is 382 g/mol. The highest BCUT2D eigenvalue weighted by Crippen LogP contribution is 2.38. The minimum Gasteiger partial charge on any atom is -0.361 e. The van der Waals surface area contributed by atoms with Gasteiger partial charge in [-0.3, -0.25) is 0 Å². The molecular weight excluding hydrogens is 368 g/mol. The Morgan fingerprint density at radius 1 is 1.11 bits per heavy atom. The maximum atomic E-state index is 9.64. The second-order valence-electron chi connectivity index (χ2n) is 6.42. The van der Waals surface area contributed by atoms with Gasteiger partial charge in [0.25, 0.3) is 0 Å². The van der Waals surface area contributed by atoms with Crippen molar-refractivity contribution in [2.24, 2.45) is 0 Å². The van der Waals surface area contributed by atoms with E-state index in [0.717, 1.165) is 48.5 Å². The third-order valence-electron chi connectivity index (χ3n) is 4.79. The van der Waals surface area contributed by atoms with Gasteiger partial charge in [-0.2, -0.15) is 5.26 Å². The van der Waals surface area contributed by atoms with Crippen molar-refractivity contribution in [2.45, 2.75) is 6.92 Å². The van der Waals surface area contributed by atoms with Crippen LogP contribution in [0.2, 0.25) is 0 Å². The highest BCUT2D eigenvalue weighted by atomic mass is 32.1. The molecule has 0 spiro atoms. The fourth-order valence-electron chi connectivity index (χ4n) is 3.33. The molecule has 0 amide bonds. The maximum absolute atomic E-state index is 9.64. The molecular formula is C21H14N6S. The molecule has 0 unspecified atom stereocenters. The number of aromatic amines is 1. The smallest absolute Gasteiger partial charge is 0.126 e. The van der Waals surface area contributed by atoms with Gasteiger partial charge < -0.3 is 10.3 Å². The molecule has 0 saturated carbocycles. The van der Waals surface area contributed by atoms with E-state index in [4.69, 9.17) is 0 Å². The highest BCUT2D eigenvalue weighted by molar-refractivity contribution is 7.21. The molecule has 2 N–H and O–H groups in total. The number of nitrogens with zero attached hydrogens (tertiary/aromatic N) is 4. The van der Waals surface area contributed by atoms with E-state index in [2.05, 4.69) is 44.3 Å². The first-order valence-corrected chi connectivity index (χ1v) is 9.48. The first kappa shape index (κ1) is 16.4. The number of pyridine rings is 1. The number of H-pyrrole nitrogens is 1. The zero-order valence-electron chi connectivity index (χ0n) is 14.9. The summed E-state index contributed by atoms with van der Waals surface area (Å²) < 4.78 is 0. The van der Waals surface area contributed by atoms with Gasteiger partial charge in [0.05, 0.1) is 11.3 Å². The average Bonchev–Trinajstić information content (AvgIpc) is 3.38. The summed E-state index contributed by atoms with van der Waals surface area (Å²) in [4.78, 5) is 17.8. The summed E-state index contributed by atoms with van der Waals surface area (Å²) in [5.41, 5.74) is 5.39. The van der Waals surface area contributed by atoms with Crippen LogP contribution in [0.1, 0.15) is 11.1 Å². The molecule has 6 nitrogen and oxygen atoms in total. The van der Waals surface area contributed by atoms with E-state index in [1.807, 2.05) is 24.4 Å². The van der Waals surface area contributed by atoms with E-state index >= 15 is 0 Å². The van der Waals surface area contributed by atoms with Crippen LogP contribution < -0.4 is 5.32 Å². The van der Waals surface area contributed by atoms with Crippen LogP contribution in [-0.4, -0.2) is 19.9 Å². The summed E-state index contributed by atoms with van der Waals surface area (Å²) in [5.74, 6) is 0. The molecule has 0 saturated heterocycles. The van der Waals surface area contributed by atoms with Crippen LogP contribution in [-0.2, 0) is 0 Å². The number of nitriles is 1. The van der Waals surface area contributed by atoms with Crippen molar-refractivity contribution in [3.05, 3.63) is 66.5 Å². The molecule has 0 aliphatic rings. The summed E-state index contributed by atoms with van der Waals surface area (Å²) in [5, 5.41) is 15.2. The summed E-state index contributed by atoms with van der Waals surface area (Å²) in [7, 11) is 0. The molecule has 0 fully saturated rings. The van der Waals surface area contributed by atoms with E-state index in [1.165, 1.54) is 6.33 Å². The van der Waals surface area contributed by atoms with E-state index in [0.29, 0.717) is 5.56 Å². The molecule has 7 heteroatoms. The van der Waals surface area contributed by atoms with Crippen molar-refractivity contribution >= 4 is 43.8 Å². The minimum absolute atomic E-state index is 0.509. The Morgan fingerprint density at radius 3 is 2.79 bits per heavy atom. The first-order valence-electron chi connectivity index (χ1n) is 8.66. The van der Waals surface area contributed by atoms with Crippen LogP contribution in [0.4, 0.5) is 11.4 Å². The molecule has 4 aromatic heterocycles. The predicted octanol–water partition coefficient (Wildman–Crippen LogP) is 5.16. The molecule has 0 bridgehead atoms. The Balaban J connectivity index is 1.67. The van der Waals surface area contributed by atoms with E-state index in [-0.39, 0.29) is 0 Å². The van der Waals surface area contributed by atoms with E-state index in [1.54, 1.807) is 29.9 Å². The molecule has 1 aromatic carbocycles. The Labute approximate surface area is 164 Å². The first-order chi connectivity index (χ1) is 13.7.